The van der Waals surface area contributed by atoms with Gasteiger partial charge in [0.05, 0.1) is 28.0 Å². The lowest BCUT2D eigenvalue weighted by molar-refractivity contribution is 0.477. The van der Waals surface area contributed by atoms with Crippen LogP contribution in [-0.4, -0.2) is 19.6 Å². The molecule has 0 aliphatic rings. The van der Waals surface area contributed by atoms with E-state index in [1.807, 2.05) is 48.7 Å². The largest absolute Gasteiger partial charge is 0.507 e. The van der Waals surface area contributed by atoms with Gasteiger partial charge in [-0.25, -0.2) is 4.98 Å². The highest BCUT2D eigenvalue weighted by atomic mass is 16.3. The van der Waals surface area contributed by atoms with Crippen LogP contribution in [-0.2, 0) is 11.8 Å². The number of hydrogen-bond acceptors (Lipinski definition) is 3. The van der Waals surface area contributed by atoms with E-state index in [0.717, 1.165) is 73.3 Å². The van der Waals surface area contributed by atoms with E-state index in [0.29, 0.717) is 22.9 Å². The third kappa shape index (κ3) is 7.20. The van der Waals surface area contributed by atoms with E-state index in [1.165, 1.54) is 5.56 Å². The number of para-hydroxylation sites is 2. The van der Waals surface area contributed by atoms with Gasteiger partial charge in [-0.2, -0.15) is 0 Å². The summed E-state index contributed by atoms with van der Waals surface area (Å²) in [5.74, 6) is 1.32. The highest BCUT2D eigenvalue weighted by molar-refractivity contribution is 5.97. The minimum atomic E-state index is -2.16. The quantitative estimate of drug-likeness (QED) is 0.170. The number of pyridine rings is 1. The zero-order chi connectivity index (χ0) is 40.8. The van der Waals surface area contributed by atoms with Crippen molar-refractivity contribution in [2.45, 2.75) is 53.3 Å². The Bertz CT molecular complexity index is 2760. The first-order chi connectivity index (χ1) is 27.7. The van der Waals surface area contributed by atoms with Gasteiger partial charge in [-0.1, -0.05) is 131 Å². The van der Waals surface area contributed by atoms with Crippen molar-refractivity contribution in [1.82, 2.24) is 14.5 Å². The second kappa shape index (κ2) is 14.5. The molecule has 1 N–H and O–H groups in total. The topological polar surface area (TPSA) is 50.9 Å². The van der Waals surface area contributed by atoms with E-state index < -0.39 is 6.85 Å². The predicted molar refractivity (Wildman–Crippen MR) is 230 cm³/mol. The lowest BCUT2D eigenvalue weighted by atomic mass is 9.83. The van der Waals surface area contributed by atoms with Crippen molar-refractivity contribution in [3.63, 3.8) is 0 Å². The fourth-order valence-corrected chi connectivity index (χ4v) is 7.44. The maximum Gasteiger partial charge on any atom is 0.149 e. The summed E-state index contributed by atoms with van der Waals surface area (Å²) in [5, 5.41) is 11.3. The van der Waals surface area contributed by atoms with Gasteiger partial charge in [-0.05, 0) is 113 Å². The summed E-state index contributed by atoms with van der Waals surface area (Å²) in [7, 11) is 0. The molecule has 55 heavy (non-hydrogen) atoms. The minimum absolute atomic E-state index is 0.161. The normalized spacial score (nSPS) is 12.8. The standard InChI is InChI=1S/C51H47N3O/c1-33(2)27-35-21-24-46(44(28-35)37-13-8-7-9-14-37)54-47-17-12-16-42(49(47)53-50(54)43-15-10-11-18-48(43)55)39-29-40(31-41(30-39)51(4,5)6)45-32-38(25-26-52-45)36-22-19-34(3)20-23-36/h7-26,28-33,55H,27H2,1-6H3/i3D3. The van der Waals surface area contributed by atoms with Gasteiger partial charge >= 0.3 is 0 Å². The lowest BCUT2D eigenvalue weighted by Gasteiger charge is -2.22. The van der Waals surface area contributed by atoms with Crippen LogP contribution in [0.2, 0.25) is 0 Å². The monoisotopic (exact) mass is 720 g/mol. The average Bonchev–Trinajstić information content (AvgIpc) is 3.60. The number of rotatable bonds is 8. The molecule has 0 saturated carbocycles. The van der Waals surface area contributed by atoms with E-state index in [9.17, 15) is 5.11 Å². The van der Waals surface area contributed by atoms with Gasteiger partial charge in [0.15, 0.2) is 0 Å². The van der Waals surface area contributed by atoms with Gasteiger partial charge in [0.25, 0.3) is 0 Å². The van der Waals surface area contributed by atoms with Crippen molar-refractivity contribution in [3.05, 3.63) is 168 Å². The first kappa shape index (κ1) is 32.2. The number of imidazole rings is 1. The van der Waals surface area contributed by atoms with Crippen LogP contribution in [0.1, 0.15) is 55.4 Å². The zero-order valence-electron chi connectivity index (χ0n) is 35.0. The highest BCUT2D eigenvalue weighted by Crippen LogP contribution is 2.42. The Morgan fingerprint density at radius 2 is 1.40 bits per heavy atom. The fourth-order valence-electron chi connectivity index (χ4n) is 7.44. The number of fused-ring (bicyclic) bond motifs is 1. The second-order valence-corrected chi connectivity index (χ2v) is 15.8. The molecule has 272 valence electrons. The van der Waals surface area contributed by atoms with Crippen molar-refractivity contribution in [3.8, 4) is 67.5 Å². The van der Waals surface area contributed by atoms with Crippen LogP contribution in [0.3, 0.4) is 0 Å². The summed E-state index contributed by atoms with van der Waals surface area (Å²) in [4.78, 5) is 10.3. The molecular weight excluding hydrogens is 671 g/mol. The van der Waals surface area contributed by atoms with E-state index in [4.69, 9.17) is 14.1 Å². The molecule has 0 spiro atoms. The molecule has 0 saturated heterocycles. The SMILES string of the molecule is [2H]C([2H])([2H])c1ccc(-c2ccnc(-c3cc(-c4cccc5c4nc(-c4ccccc4O)n5-c4ccc(CC(C)C)cc4-c4ccccc4)cc(C(C)(C)C)c3)c2)cc1. The van der Waals surface area contributed by atoms with E-state index in [2.05, 4.69) is 124 Å². The van der Waals surface area contributed by atoms with Crippen LogP contribution in [0.25, 0.3) is 72.7 Å². The summed E-state index contributed by atoms with van der Waals surface area (Å²) in [5.41, 5.74) is 13.7. The Hall–Kier alpha value is -6.26. The van der Waals surface area contributed by atoms with Crippen molar-refractivity contribution in [1.29, 1.82) is 0 Å². The molecule has 6 aromatic carbocycles. The summed E-state index contributed by atoms with van der Waals surface area (Å²) in [6.07, 6.45) is 2.77. The third-order valence-electron chi connectivity index (χ3n) is 10.2. The van der Waals surface area contributed by atoms with Crippen molar-refractivity contribution < 1.29 is 9.22 Å². The highest BCUT2D eigenvalue weighted by Gasteiger charge is 2.24. The summed E-state index contributed by atoms with van der Waals surface area (Å²) < 4.78 is 25.6. The number of phenolic OH excluding ortho intramolecular Hbond substituents is 1. The minimum Gasteiger partial charge on any atom is -0.507 e. The summed E-state index contributed by atoms with van der Waals surface area (Å²) in [6.45, 7) is 8.97. The third-order valence-corrected chi connectivity index (χ3v) is 10.2. The second-order valence-electron chi connectivity index (χ2n) is 15.8. The number of nitrogens with zero attached hydrogens (tertiary/aromatic N) is 3. The Labute approximate surface area is 329 Å². The van der Waals surface area contributed by atoms with Crippen LogP contribution in [0, 0.1) is 12.8 Å². The molecule has 2 aromatic heterocycles. The smallest absolute Gasteiger partial charge is 0.149 e. The van der Waals surface area contributed by atoms with E-state index in [1.54, 1.807) is 18.2 Å². The van der Waals surface area contributed by atoms with Crippen LogP contribution >= 0.6 is 0 Å². The molecule has 0 aliphatic heterocycles. The van der Waals surface area contributed by atoms with Crippen molar-refractivity contribution >= 4 is 11.0 Å². The first-order valence-electron chi connectivity index (χ1n) is 20.5. The molecule has 0 radical (unpaired) electrons. The molecule has 4 nitrogen and oxygen atoms in total. The maximum atomic E-state index is 11.3. The molecule has 0 unspecified atom stereocenters. The van der Waals surface area contributed by atoms with Crippen molar-refractivity contribution in [2.75, 3.05) is 0 Å². The van der Waals surface area contributed by atoms with Crippen LogP contribution in [0.15, 0.2) is 152 Å². The van der Waals surface area contributed by atoms with Gasteiger partial charge in [0.2, 0.25) is 0 Å². The van der Waals surface area contributed by atoms with Gasteiger partial charge in [0, 0.05) is 27.0 Å². The Kier molecular flexibility index (Phi) is 8.50. The molecule has 0 atom stereocenters. The maximum absolute atomic E-state index is 11.3. The first-order valence-corrected chi connectivity index (χ1v) is 19.0. The lowest BCUT2D eigenvalue weighted by Crippen LogP contribution is -2.11. The van der Waals surface area contributed by atoms with Gasteiger partial charge in [-0.3, -0.25) is 9.55 Å². The van der Waals surface area contributed by atoms with Gasteiger partial charge < -0.3 is 5.11 Å². The summed E-state index contributed by atoms with van der Waals surface area (Å²) in [6, 6.07) is 48.7. The number of hydrogen-bond donors (Lipinski definition) is 1. The Morgan fingerprint density at radius 3 is 2.15 bits per heavy atom. The Balaban J connectivity index is 1.34. The van der Waals surface area contributed by atoms with E-state index >= 15 is 0 Å². The fraction of sp³-hybridized carbons (Fsp3) is 0.176. The van der Waals surface area contributed by atoms with Crippen LogP contribution in [0.5, 0.6) is 5.75 Å². The molecule has 0 fully saturated rings. The molecule has 2 heterocycles. The molecule has 0 amide bonds. The number of benzene rings is 6. The number of phenols is 1. The predicted octanol–water partition coefficient (Wildman–Crippen LogP) is 13.3. The van der Waals surface area contributed by atoms with Gasteiger partial charge in [0.1, 0.15) is 11.6 Å². The molecule has 8 aromatic rings. The molecular formula is C51H47N3O. The van der Waals surface area contributed by atoms with Crippen LogP contribution < -0.4 is 0 Å². The van der Waals surface area contributed by atoms with Crippen molar-refractivity contribution in [2.24, 2.45) is 5.92 Å². The Morgan fingerprint density at radius 1 is 0.655 bits per heavy atom. The molecule has 4 heteroatoms. The zero-order valence-corrected chi connectivity index (χ0v) is 32.0. The molecule has 8 rings (SSSR count). The summed E-state index contributed by atoms with van der Waals surface area (Å²) >= 11 is 0. The molecule has 0 aliphatic carbocycles. The number of aryl methyl sites for hydroxylation is 1. The number of aromatic nitrogens is 3. The van der Waals surface area contributed by atoms with E-state index in [-0.39, 0.29) is 11.2 Å². The molecule has 0 bridgehead atoms. The average molecular weight is 721 g/mol. The number of aromatic hydroxyl groups is 1. The van der Waals surface area contributed by atoms with Gasteiger partial charge in [-0.15, -0.1) is 0 Å². The van der Waals surface area contributed by atoms with Crippen LogP contribution in [0.4, 0.5) is 0 Å².